The van der Waals surface area contributed by atoms with Gasteiger partial charge in [-0.25, -0.2) is 5.09 Å². The van der Waals surface area contributed by atoms with Crippen molar-refractivity contribution in [2.75, 3.05) is 19.7 Å². The Balaban J connectivity index is 0.998. The molecule has 2 N–H and O–H groups in total. The maximum atomic E-state index is 14.4. The molecular formula is C43H52N5O7PS. The first-order valence-corrected chi connectivity index (χ1v) is 22.5. The maximum Gasteiger partial charge on any atom is 0.323 e. The number of likely N-dealkylation sites (tertiary alicyclic amines) is 1. The Hall–Kier alpha value is -4.58. The van der Waals surface area contributed by atoms with E-state index in [9.17, 15) is 23.7 Å². The molecule has 0 aliphatic carbocycles. The number of esters is 1. The topological polar surface area (TPSA) is 147 Å². The van der Waals surface area contributed by atoms with Gasteiger partial charge >= 0.3 is 13.5 Å². The van der Waals surface area contributed by atoms with Crippen LogP contribution in [-0.2, 0) is 29.8 Å². The van der Waals surface area contributed by atoms with Crippen LogP contribution < -0.4 is 14.9 Å². The fourth-order valence-electron chi connectivity index (χ4n) is 7.93. The molecular weight excluding hydrogens is 762 g/mol. The van der Waals surface area contributed by atoms with Gasteiger partial charge in [0.25, 0.3) is 5.91 Å². The van der Waals surface area contributed by atoms with Gasteiger partial charge in [-0.1, -0.05) is 51.1 Å². The lowest BCUT2D eigenvalue weighted by Crippen LogP contribution is -2.53. The van der Waals surface area contributed by atoms with E-state index in [-0.39, 0.29) is 53.9 Å². The Kier molecular flexibility index (Phi) is 12.2. The highest BCUT2D eigenvalue weighted by atomic mass is 32.1. The van der Waals surface area contributed by atoms with Gasteiger partial charge in [0.2, 0.25) is 11.8 Å². The molecule has 2 aromatic carbocycles. The predicted molar refractivity (Wildman–Crippen MR) is 220 cm³/mol. The summed E-state index contributed by atoms with van der Waals surface area (Å²) < 4.78 is 26.8. The third-order valence-electron chi connectivity index (χ3n) is 10.9. The van der Waals surface area contributed by atoms with Crippen LogP contribution in [0.15, 0.2) is 79.1 Å². The number of aromatic nitrogens is 1. The summed E-state index contributed by atoms with van der Waals surface area (Å²) in [7, 11) is -3.70. The zero-order valence-corrected chi connectivity index (χ0v) is 34.7. The van der Waals surface area contributed by atoms with Crippen LogP contribution >= 0.6 is 18.9 Å². The zero-order chi connectivity index (χ0) is 40.3. The van der Waals surface area contributed by atoms with Crippen LogP contribution in [0.4, 0.5) is 0 Å². The molecule has 0 spiro atoms. The van der Waals surface area contributed by atoms with E-state index >= 15 is 0 Å². The molecule has 3 saturated heterocycles. The van der Waals surface area contributed by atoms with Crippen LogP contribution in [0.5, 0.6) is 5.75 Å². The van der Waals surface area contributed by atoms with E-state index in [1.54, 1.807) is 43.5 Å². The van der Waals surface area contributed by atoms with E-state index in [0.29, 0.717) is 42.1 Å². The van der Waals surface area contributed by atoms with Gasteiger partial charge in [0.05, 0.1) is 17.6 Å². The average Bonchev–Trinajstić information content (AvgIpc) is 3.72. The van der Waals surface area contributed by atoms with Gasteiger partial charge < -0.3 is 24.4 Å². The Labute approximate surface area is 338 Å². The molecule has 0 radical (unpaired) electrons. The molecule has 3 aliphatic heterocycles. The summed E-state index contributed by atoms with van der Waals surface area (Å²) in [6, 6.07) is 18.5. The Morgan fingerprint density at radius 1 is 1.00 bits per heavy atom. The van der Waals surface area contributed by atoms with Gasteiger partial charge in [-0.05, 0) is 97.4 Å². The standard InChI is InChI=1S/C43H52N5O7PS/c1-28(42(52)54-27-43(2,3)4)46-56(53,55-35-12-6-5-7-13-35)26-29-15-18-37-31(20-29)21-38(57-37)40(50)45-36-14-8-11-33-16-17-34(48(33)41(36)51)22-39(49)47-24-32(25-47)30-10-9-19-44-23-30/h5-7,9-10,12-13,15,18-21,23,28,32-34,36H,8,11,14,16-17,22,24-27H2,1-4H3,(H,45,50)(H,46,53)/t28-,33-,34-,36-,56?/m0/s1. The summed E-state index contributed by atoms with van der Waals surface area (Å²) >= 11 is 1.32. The molecule has 302 valence electrons. The van der Waals surface area contributed by atoms with Gasteiger partial charge in [0, 0.05) is 54.6 Å². The summed E-state index contributed by atoms with van der Waals surface area (Å²) in [5.74, 6) is -0.211. The minimum Gasteiger partial charge on any atom is -0.464 e. The molecule has 57 heavy (non-hydrogen) atoms. The Bertz CT molecular complexity index is 2140. The van der Waals surface area contributed by atoms with E-state index < -0.39 is 25.6 Å². The van der Waals surface area contributed by atoms with Crippen LogP contribution in [0.2, 0.25) is 0 Å². The largest absolute Gasteiger partial charge is 0.464 e. The SMILES string of the molecule is C[C@H](NP(=O)(Cc1ccc2sc(C(=O)N[C@H]3CCC[C@H]4CC[C@@H](CC(=O)N5CC(c6cccnc6)C5)N4C3=O)cc2c1)Oc1ccccc1)C(=O)OCC(C)(C)C. The summed E-state index contributed by atoms with van der Waals surface area (Å²) in [5, 5.41) is 6.76. The maximum absolute atomic E-state index is 14.4. The lowest BCUT2D eigenvalue weighted by Gasteiger charge is -2.40. The van der Waals surface area contributed by atoms with Crippen molar-refractivity contribution in [2.24, 2.45) is 5.41 Å². The highest BCUT2D eigenvalue weighted by Crippen LogP contribution is 2.47. The summed E-state index contributed by atoms with van der Waals surface area (Å²) in [6.45, 7) is 9.04. The first-order valence-electron chi connectivity index (χ1n) is 19.8. The van der Waals surface area contributed by atoms with Crippen molar-refractivity contribution < 1.29 is 33.0 Å². The number of fused-ring (bicyclic) bond motifs is 2. The fraction of sp³-hybridized carbons (Fsp3) is 0.465. The molecule has 7 rings (SSSR count). The quantitative estimate of drug-likeness (QED) is 0.105. The third-order valence-corrected chi connectivity index (χ3v) is 14.1. The van der Waals surface area contributed by atoms with Crippen LogP contribution in [-0.4, -0.2) is 82.3 Å². The number of rotatable bonds is 13. The van der Waals surface area contributed by atoms with Crippen molar-refractivity contribution in [2.45, 2.75) is 102 Å². The van der Waals surface area contributed by atoms with E-state index in [1.807, 2.05) is 73.2 Å². The highest BCUT2D eigenvalue weighted by molar-refractivity contribution is 7.56. The molecule has 2 aromatic heterocycles. The van der Waals surface area contributed by atoms with Gasteiger partial charge in [0.15, 0.2) is 0 Å². The van der Waals surface area contributed by atoms with Crippen molar-refractivity contribution in [3.05, 3.63) is 95.1 Å². The van der Waals surface area contributed by atoms with Gasteiger partial charge in [-0.15, -0.1) is 11.3 Å². The van der Waals surface area contributed by atoms with Crippen LogP contribution in [0.3, 0.4) is 0 Å². The molecule has 3 fully saturated rings. The predicted octanol–water partition coefficient (Wildman–Crippen LogP) is 7.29. The molecule has 1 unspecified atom stereocenters. The molecule has 0 bridgehead atoms. The molecule has 5 atom stereocenters. The molecule has 3 amide bonds. The smallest absolute Gasteiger partial charge is 0.323 e. The second-order valence-corrected chi connectivity index (χ2v) is 20.0. The normalized spacial score (nSPS) is 21.5. The number of hydrogen-bond acceptors (Lipinski definition) is 9. The van der Waals surface area contributed by atoms with Gasteiger partial charge in [-0.2, -0.15) is 0 Å². The highest BCUT2D eigenvalue weighted by Gasteiger charge is 2.44. The monoisotopic (exact) mass is 813 g/mol. The van der Waals surface area contributed by atoms with Crippen molar-refractivity contribution >= 4 is 52.6 Å². The number of carbonyl (C=O) groups is 4. The number of nitrogens with one attached hydrogen (secondary N) is 2. The number of thiophene rings is 1. The second-order valence-electron chi connectivity index (χ2n) is 16.8. The van der Waals surface area contributed by atoms with Crippen molar-refractivity contribution in [1.29, 1.82) is 0 Å². The average molecular weight is 814 g/mol. The molecule has 0 saturated carbocycles. The van der Waals surface area contributed by atoms with Crippen LogP contribution in [0.25, 0.3) is 10.1 Å². The van der Waals surface area contributed by atoms with Crippen molar-refractivity contribution in [3.8, 4) is 5.75 Å². The molecule has 12 nitrogen and oxygen atoms in total. The van der Waals surface area contributed by atoms with Gasteiger partial charge in [0.1, 0.15) is 17.8 Å². The van der Waals surface area contributed by atoms with Crippen LogP contribution in [0, 0.1) is 5.41 Å². The van der Waals surface area contributed by atoms with E-state index in [4.69, 9.17) is 9.26 Å². The Morgan fingerprint density at radius 3 is 2.53 bits per heavy atom. The number of carbonyl (C=O) groups excluding carboxylic acids is 4. The lowest BCUT2D eigenvalue weighted by atomic mass is 9.92. The van der Waals surface area contributed by atoms with Crippen molar-refractivity contribution in [1.82, 2.24) is 25.2 Å². The number of nitrogens with zero attached hydrogens (tertiary/aromatic N) is 3. The minimum atomic E-state index is -3.70. The minimum absolute atomic E-state index is 0.0216. The van der Waals surface area contributed by atoms with Crippen LogP contribution in [0.1, 0.15) is 92.9 Å². The summed E-state index contributed by atoms with van der Waals surface area (Å²) in [5.41, 5.74) is 1.61. The molecule has 14 heteroatoms. The first-order chi connectivity index (χ1) is 27.2. The van der Waals surface area contributed by atoms with E-state index in [0.717, 1.165) is 41.3 Å². The summed E-state index contributed by atoms with van der Waals surface area (Å²) in [4.78, 5) is 62.4. The second kappa shape index (κ2) is 17.1. The molecule has 3 aliphatic rings. The number of ether oxygens (including phenoxy) is 1. The summed E-state index contributed by atoms with van der Waals surface area (Å²) in [6.07, 6.45) is 7.71. The Morgan fingerprint density at radius 2 is 1.79 bits per heavy atom. The van der Waals surface area contributed by atoms with E-state index in [2.05, 4.69) is 15.4 Å². The molecule has 5 heterocycles. The third kappa shape index (κ3) is 9.94. The van der Waals surface area contributed by atoms with Crippen molar-refractivity contribution in [3.63, 3.8) is 0 Å². The number of hydrogen-bond donors (Lipinski definition) is 2. The van der Waals surface area contributed by atoms with E-state index in [1.165, 1.54) is 11.3 Å². The van der Waals surface area contributed by atoms with Gasteiger partial charge in [-0.3, -0.25) is 28.7 Å². The number of pyridine rings is 1. The lowest BCUT2D eigenvalue weighted by molar-refractivity contribution is -0.148. The fourth-order valence-corrected chi connectivity index (χ4v) is 10.9. The molecule has 4 aromatic rings. The first kappa shape index (κ1) is 40.6. The number of benzene rings is 2. The zero-order valence-electron chi connectivity index (χ0n) is 33.0. The number of amides is 3. The number of para-hydroxylation sites is 1.